The van der Waals surface area contributed by atoms with E-state index in [1.807, 2.05) is 0 Å². The van der Waals surface area contributed by atoms with Crippen LogP contribution in [0.3, 0.4) is 0 Å². The maximum absolute atomic E-state index is 12.6. The summed E-state index contributed by atoms with van der Waals surface area (Å²) in [6, 6.07) is 5.96. The quantitative estimate of drug-likeness (QED) is 0.780. The molecule has 0 fully saturated rings. The number of rotatable bonds is 4. The minimum absolute atomic E-state index is 0.0778. The molecule has 0 aliphatic carbocycles. The number of carbonyl (C=O) groups is 1. The molecule has 0 N–H and O–H groups in total. The molecule has 0 spiro atoms. The molecule has 2 rings (SSSR count). The molecule has 0 aliphatic rings. The highest BCUT2D eigenvalue weighted by atomic mass is 79.9. The Labute approximate surface area is 126 Å². The number of nitrogens with zero attached hydrogens (tertiary/aromatic N) is 2. The van der Waals surface area contributed by atoms with Crippen molar-refractivity contribution in [2.24, 2.45) is 0 Å². The maximum atomic E-state index is 12.6. The molecule has 2 aromatic heterocycles. The number of halogens is 4. The van der Waals surface area contributed by atoms with Gasteiger partial charge in [0.25, 0.3) is 5.91 Å². The number of pyridine rings is 1. The number of hydrogen-bond acceptors (Lipinski definition) is 3. The van der Waals surface area contributed by atoms with Crippen molar-refractivity contribution in [1.82, 2.24) is 9.88 Å². The fourth-order valence-electron chi connectivity index (χ4n) is 1.69. The van der Waals surface area contributed by atoms with Crippen molar-refractivity contribution in [3.63, 3.8) is 0 Å². The Morgan fingerprint density at radius 1 is 1.33 bits per heavy atom. The van der Waals surface area contributed by atoms with Crippen molar-refractivity contribution in [3.05, 3.63) is 52.7 Å². The smallest absolute Gasteiger partial charge is 0.406 e. The number of amides is 1. The van der Waals surface area contributed by atoms with Gasteiger partial charge in [0.15, 0.2) is 0 Å². The van der Waals surface area contributed by atoms with E-state index in [0.29, 0.717) is 9.50 Å². The lowest BCUT2D eigenvalue weighted by Gasteiger charge is -2.23. The number of alkyl halides is 3. The minimum Gasteiger partial charge on any atom is -0.467 e. The fraction of sp³-hybridized carbons (Fsp3) is 0.231. The first-order chi connectivity index (χ1) is 9.85. The number of aromatic nitrogens is 1. The SMILES string of the molecule is O=C(c1ccc(Br)nc1)N(Cc1ccco1)CC(F)(F)F. The number of furan rings is 1. The van der Waals surface area contributed by atoms with Gasteiger partial charge in [0.2, 0.25) is 0 Å². The standard InChI is InChI=1S/C13H10BrF3N2O2/c14-11-4-3-9(6-18-11)12(20)19(8-13(15,16)17)7-10-2-1-5-21-10/h1-6H,7-8H2. The van der Waals surface area contributed by atoms with Crippen LogP contribution in [0.4, 0.5) is 13.2 Å². The Balaban J connectivity index is 2.21. The highest BCUT2D eigenvalue weighted by Crippen LogP contribution is 2.20. The molecule has 0 aromatic carbocycles. The molecule has 21 heavy (non-hydrogen) atoms. The van der Waals surface area contributed by atoms with Crippen LogP contribution in [-0.2, 0) is 6.54 Å². The second-order valence-corrected chi connectivity index (χ2v) is 5.04. The Hall–Kier alpha value is -1.83. The minimum atomic E-state index is -4.49. The molecule has 0 atom stereocenters. The monoisotopic (exact) mass is 362 g/mol. The highest BCUT2D eigenvalue weighted by Gasteiger charge is 2.33. The number of hydrogen-bond donors (Lipinski definition) is 0. The molecular formula is C13H10BrF3N2O2. The summed E-state index contributed by atoms with van der Waals surface area (Å²) in [5.41, 5.74) is 0.0778. The summed E-state index contributed by atoms with van der Waals surface area (Å²) in [5, 5.41) is 0. The molecule has 1 amide bonds. The van der Waals surface area contributed by atoms with E-state index in [9.17, 15) is 18.0 Å². The van der Waals surface area contributed by atoms with Crippen LogP contribution in [-0.4, -0.2) is 28.5 Å². The van der Waals surface area contributed by atoms with Crippen molar-refractivity contribution in [2.45, 2.75) is 12.7 Å². The third-order valence-corrected chi connectivity index (χ3v) is 3.03. The first kappa shape index (κ1) is 15.6. The molecule has 0 unspecified atom stereocenters. The predicted molar refractivity (Wildman–Crippen MR) is 71.4 cm³/mol. The van der Waals surface area contributed by atoms with Gasteiger partial charge in [-0.15, -0.1) is 0 Å². The summed E-state index contributed by atoms with van der Waals surface area (Å²) in [4.78, 5) is 16.7. The van der Waals surface area contributed by atoms with Crippen LogP contribution in [0.5, 0.6) is 0 Å². The van der Waals surface area contributed by atoms with Crippen LogP contribution in [0, 0.1) is 0 Å². The van der Waals surface area contributed by atoms with Crippen LogP contribution in [0.25, 0.3) is 0 Å². The normalized spacial score (nSPS) is 11.4. The van der Waals surface area contributed by atoms with Crippen molar-refractivity contribution in [3.8, 4) is 0 Å². The van der Waals surface area contributed by atoms with Crippen molar-refractivity contribution >= 4 is 21.8 Å². The van der Waals surface area contributed by atoms with Gasteiger partial charge in [-0.05, 0) is 40.2 Å². The van der Waals surface area contributed by atoms with E-state index in [0.717, 1.165) is 0 Å². The van der Waals surface area contributed by atoms with Crippen molar-refractivity contribution < 1.29 is 22.4 Å². The molecular weight excluding hydrogens is 353 g/mol. The second-order valence-electron chi connectivity index (χ2n) is 4.23. The zero-order valence-electron chi connectivity index (χ0n) is 10.6. The van der Waals surface area contributed by atoms with Gasteiger partial charge in [0.1, 0.15) is 16.9 Å². The average Bonchev–Trinajstić information content (AvgIpc) is 2.89. The van der Waals surface area contributed by atoms with E-state index in [1.54, 1.807) is 6.07 Å². The average molecular weight is 363 g/mol. The van der Waals surface area contributed by atoms with E-state index in [4.69, 9.17) is 4.42 Å². The van der Waals surface area contributed by atoms with Crippen LogP contribution >= 0.6 is 15.9 Å². The molecule has 0 radical (unpaired) electrons. The molecule has 0 aliphatic heterocycles. The van der Waals surface area contributed by atoms with E-state index in [-0.39, 0.29) is 17.9 Å². The van der Waals surface area contributed by atoms with E-state index in [1.165, 1.54) is 30.7 Å². The fourth-order valence-corrected chi connectivity index (χ4v) is 1.93. The zero-order valence-corrected chi connectivity index (χ0v) is 12.2. The van der Waals surface area contributed by atoms with Gasteiger partial charge >= 0.3 is 6.18 Å². The summed E-state index contributed by atoms with van der Waals surface area (Å²) in [6.07, 6.45) is -1.93. The molecule has 2 heterocycles. The molecule has 112 valence electrons. The van der Waals surface area contributed by atoms with Gasteiger partial charge in [-0.2, -0.15) is 13.2 Å². The van der Waals surface area contributed by atoms with Gasteiger partial charge < -0.3 is 9.32 Å². The van der Waals surface area contributed by atoms with Gasteiger partial charge in [-0.3, -0.25) is 4.79 Å². The lowest BCUT2D eigenvalue weighted by Crippen LogP contribution is -2.38. The van der Waals surface area contributed by atoms with Gasteiger partial charge in [0, 0.05) is 6.20 Å². The lowest BCUT2D eigenvalue weighted by atomic mass is 10.2. The van der Waals surface area contributed by atoms with E-state index < -0.39 is 18.6 Å². The Bertz CT molecular complexity index is 597. The van der Waals surface area contributed by atoms with Crippen LogP contribution < -0.4 is 0 Å². The summed E-state index contributed by atoms with van der Waals surface area (Å²) < 4.78 is 43.4. The van der Waals surface area contributed by atoms with Crippen LogP contribution in [0.1, 0.15) is 16.1 Å². The number of carbonyl (C=O) groups excluding carboxylic acids is 1. The molecule has 8 heteroatoms. The van der Waals surface area contributed by atoms with Crippen LogP contribution in [0.2, 0.25) is 0 Å². The summed E-state index contributed by atoms with van der Waals surface area (Å²) in [6.45, 7) is -1.62. The lowest BCUT2D eigenvalue weighted by molar-refractivity contribution is -0.142. The molecule has 4 nitrogen and oxygen atoms in total. The van der Waals surface area contributed by atoms with Crippen LogP contribution in [0.15, 0.2) is 45.7 Å². The topological polar surface area (TPSA) is 46.3 Å². The first-order valence-electron chi connectivity index (χ1n) is 5.85. The Morgan fingerprint density at radius 2 is 2.10 bits per heavy atom. The first-order valence-corrected chi connectivity index (χ1v) is 6.64. The van der Waals surface area contributed by atoms with Crippen molar-refractivity contribution in [1.29, 1.82) is 0 Å². The zero-order chi connectivity index (χ0) is 15.5. The van der Waals surface area contributed by atoms with Gasteiger partial charge in [-0.25, -0.2) is 4.98 Å². The molecule has 0 saturated heterocycles. The van der Waals surface area contributed by atoms with E-state index in [2.05, 4.69) is 20.9 Å². The summed E-state index contributed by atoms with van der Waals surface area (Å²) in [5.74, 6) is -0.485. The third kappa shape index (κ3) is 4.59. The molecule has 0 bridgehead atoms. The predicted octanol–water partition coefficient (Wildman–Crippen LogP) is 3.64. The third-order valence-electron chi connectivity index (χ3n) is 2.56. The second kappa shape index (κ2) is 6.30. The highest BCUT2D eigenvalue weighted by molar-refractivity contribution is 9.10. The molecule has 0 saturated carbocycles. The van der Waals surface area contributed by atoms with E-state index >= 15 is 0 Å². The van der Waals surface area contributed by atoms with Gasteiger partial charge in [0.05, 0.1) is 18.4 Å². The largest absolute Gasteiger partial charge is 0.467 e. The summed E-state index contributed by atoms with van der Waals surface area (Å²) in [7, 11) is 0. The molecule has 2 aromatic rings. The van der Waals surface area contributed by atoms with Gasteiger partial charge in [-0.1, -0.05) is 0 Å². The maximum Gasteiger partial charge on any atom is 0.406 e. The van der Waals surface area contributed by atoms with Crippen molar-refractivity contribution in [2.75, 3.05) is 6.54 Å². The summed E-state index contributed by atoms with van der Waals surface area (Å²) >= 11 is 3.10. The Morgan fingerprint density at radius 3 is 2.62 bits per heavy atom. The Kier molecular flexibility index (Phi) is 4.66.